The van der Waals surface area contributed by atoms with Gasteiger partial charge in [0.15, 0.2) is 0 Å². The number of methoxy groups -OCH3 is 1. The van der Waals surface area contributed by atoms with Crippen LogP contribution in [0.25, 0.3) is 0 Å². The lowest BCUT2D eigenvalue weighted by molar-refractivity contribution is -0.140. The van der Waals surface area contributed by atoms with Crippen molar-refractivity contribution in [3.63, 3.8) is 0 Å². The molecule has 0 aliphatic rings. The fourth-order valence-electron chi connectivity index (χ4n) is 2.06. The van der Waals surface area contributed by atoms with Crippen molar-refractivity contribution < 1.29 is 9.53 Å². The summed E-state index contributed by atoms with van der Waals surface area (Å²) in [5.74, 6) is -0.168. The Morgan fingerprint density at radius 1 is 1.05 bits per heavy atom. The smallest absolute Gasteiger partial charge is 0.306 e. The maximum absolute atomic E-state index is 11.6. The van der Waals surface area contributed by atoms with E-state index >= 15 is 0 Å². The first kappa shape index (κ1) is 13.8. The average Bonchev–Trinajstić information content (AvgIpc) is 2.46. The minimum atomic E-state index is -0.197. The molecule has 0 amide bonds. The van der Waals surface area contributed by atoms with E-state index in [1.807, 2.05) is 54.6 Å². The van der Waals surface area contributed by atoms with Crippen molar-refractivity contribution >= 4 is 21.9 Å². The zero-order valence-electron chi connectivity index (χ0n) is 10.7. The summed E-state index contributed by atoms with van der Waals surface area (Å²) < 4.78 is 5.83. The minimum Gasteiger partial charge on any atom is -0.469 e. The van der Waals surface area contributed by atoms with Gasteiger partial charge in [-0.15, -0.1) is 0 Å². The van der Waals surface area contributed by atoms with E-state index in [2.05, 4.69) is 15.9 Å². The van der Waals surface area contributed by atoms with Crippen LogP contribution >= 0.6 is 15.9 Å². The molecule has 1 atom stereocenters. The van der Waals surface area contributed by atoms with Crippen molar-refractivity contribution in [3.8, 4) is 0 Å². The van der Waals surface area contributed by atoms with Crippen molar-refractivity contribution in [2.75, 3.05) is 7.11 Å². The van der Waals surface area contributed by atoms with Gasteiger partial charge >= 0.3 is 5.97 Å². The molecule has 2 nitrogen and oxygen atoms in total. The van der Waals surface area contributed by atoms with Crippen molar-refractivity contribution in [3.05, 3.63) is 70.2 Å². The van der Waals surface area contributed by atoms with Crippen molar-refractivity contribution in [1.29, 1.82) is 0 Å². The van der Waals surface area contributed by atoms with Crippen LogP contribution in [0.5, 0.6) is 0 Å². The lowest BCUT2D eigenvalue weighted by Crippen LogP contribution is -2.10. The Kier molecular flexibility index (Phi) is 4.74. The first-order valence-corrected chi connectivity index (χ1v) is 6.87. The highest BCUT2D eigenvalue weighted by Gasteiger charge is 2.18. The molecular formula is C16H15BrO2. The average molecular weight is 319 g/mol. The van der Waals surface area contributed by atoms with Crippen LogP contribution in [0.2, 0.25) is 0 Å². The molecule has 19 heavy (non-hydrogen) atoms. The standard InChI is InChI=1S/C16H15BrO2/c1-19-16(18)11-15(12-5-3-2-4-6-12)13-7-9-14(17)10-8-13/h2-10,15H,11H2,1H3. The summed E-state index contributed by atoms with van der Waals surface area (Å²) in [6.07, 6.45) is 0.349. The molecule has 0 fully saturated rings. The van der Waals surface area contributed by atoms with Crippen LogP contribution in [-0.2, 0) is 9.53 Å². The van der Waals surface area contributed by atoms with E-state index < -0.39 is 0 Å². The fourth-order valence-corrected chi connectivity index (χ4v) is 2.32. The largest absolute Gasteiger partial charge is 0.469 e. The molecule has 0 spiro atoms. The second-order valence-corrected chi connectivity index (χ2v) is 5.21. The zero-order chi connectivity index (χ0) is 13.7. The highest BCUT2D eigenvalue weighted by Crippen LogP contribution is 2.29. The van der Waals surface area contributed by atoms with Crippen LogP contribution in [0, 0.1) is 0 Å². The van der Waals surface area contributed by atoms with Gasteiger partial charge in [-0.1, -0.05) is 58.4 Å². The van der Waals surface area contributed by atoms with E-state index in [1.54, 1.807) is 0 Å². The summed E-state index contributed by atoms with van der Waals surface area (Å²) in [6.45, 7) is 0. The highest BCUT2D eigenvalue weighted by atomic mass is 79.9. The van der Waals surface area contributed by atoms with Gasteiger partial charge in [0.25, 0.3) is 0 Å². The second-order valence-electron chi connectivity index (χ2n) is 4.30. The normalized spacial score (nSPS) is 11.9. The number of carbonyl (C=O) groups excluding carboxylic acids is 1. The van der Waals surface area contributed by atoms with Crippen molar-refractivity contribution in [2.24, 2.45) is 0 Å². The van der Waals surface area contributed by atoms with E-state index in [4.69, 9.17) is 4.74 Å². The number of esters is 1. The van der Waals surface area contributed by atoms with E-state index in [0.29, 0.717) is 6.42 Å². The monoisotopic (exact) mass is 318 g/mol. The van der Waals surface area contributed by atoms with Gasteiger partial charge in [-0.2, -0.15) is 0 Å². The van der Waals surface area contributed by atoms with Gasteiger partial charge in [-0.3, -0.25) is 4.79 Å². The van der Waals surface area contributed by atoms with Crippen LogP contribution < -0.4 is 0 Å². The molecule has 3 heteroatoms. The molecule has 0 saturated carbocycles. The zero-order valence-corrected chi connectivity index (χ0v) is 12.3. The third kappa shape index (κ3) is 3.67. The topological polar surface area (TPSA) is 26.3 Å². The van der Waals surface area contributed by atoms with Crippen LogP contribution in [0.15, 0.2) is 59.1 Å². The minimum absolute atomic E-state index is 0.0294. The maximum Gasteiger partial charge on any atom is 0.306 e. The summed E-state index contributed by atoms with van der Waals surface area (Å²) in [6, 6.07) is 18.1. The van der Waals surface area contributed by atoms with Crippen LogP contribution in [0.3, 0.4) is 0 Å². The number of ether oxygens (including phenoxy) is 1. The van der Waals surface area contributed by atoms with Crippen molar-refractivity contribution in [2.45, 2.75) is 12.3 Å². The van der Waals surface area contributed by atoms with Crippen LogP contribution in [0.1, 0.15) is 23.5 Å². The third-order valence-electron chi connectivity index (χ3n) is 3.07. The summed E-state index contributed by atoms with van der Waals surface area (Å²) >= 11 is 3.42. The lowest BCUT2D eigenvalue weighted by Gasteiger charge is -2.17. The number of benzene rings is 2. The molecule has 2 aromatic carbocycles. The van der Waals surface area contributed by atoms with E-state index in [0.717, 1.165) is 15.6 Å². The molecule has 0 aliphatic carbocycles. The summed E-state index contributed by atoms with van der Waals surface area (Å²) in [5.41, 5.74) is 2.23. The van der Waals surface area contributed by atoms with Crippen LogP contribution in [-0.4, -0.2) is 13.1 Å². The molecule has 0 bridgehead atoms. The Morgan fingerprint density at radius 2 is 1.63 bits per heavy atom. The summed E-state index contributed by atoms with van der Waals surface area (Å²) in [5, 5.41) is 0. The van der Waals surface area contributed by atoms with Gasteiger partial charge in [0.05, 0.1) is 13.5 Å². The quantitative estimate of drug-likeness (QED) is 0.792. The Labute approximate surface area is 121 Å². The number of hydrogen-bond donors (Lipinski definition) is 0. The second kappa shape index (κ2) is 6.53. The number of hydrogen-bond acceptors (Lipinski definition) is 2. The Balaban J connectivity index is 2.34. The Bertz CT molecular complexity index is 534. The third-order valence-corrected chi connectivity index (χ3v) is 3.60. The Hall–Kier alpha value is -1.61. The molecule has 0 radical (unpaired) electrons. The van der Waals surface area contributed by atoms with Gasteiger partial charge in [0, 0.05) is 10.4 Å². The molecule has 0 N–H and O–H groups in total. The fraction of sp³-hybridized carbons (Fsp3) is 0.188. The van der Waals surface area contributed by atoms with E-state index in [-0.39, 0.29) is 11.9 Å². The highest BCUT2D eigenvalue weighted by molar-refractivity contribution is 9.10. The Morgan fingerprint density at radius 3 is 2.21 bits per heavy atom. The molecule has 0 saturated heterocycles. The maximum atomic E-state index is 11.6. The molecule has 98 valence electrons. The summed E-state index contributed by atoms with van der Waals surface area (Å²) in [4.78, 5) is 11.6. The van der Waals surface area contributed by atoms with Gasteiger partial charge < -0.3 is 4.74 Å². The van der Waals surface area contributed by atoms with Gasteiger partial charge in [-0.25, -0.2) is 0 Å². The lowest BCUT2D eigenvalue weighted by atomic mass is 9.89. The molecular weight excluding hydrogens is 304 g/mol. The predicted octanol–water partition coefficient (Wildman–Crippen LogP) is 4.14. The van der Waals surface area contributed by atoms with Gasteiger partial charge in [-0.05, 0) is 23.3 Å². The van der Waals surface area contributed by atoms with Gasteiger partial charge in [0.1, 0.15) is 0 Å². The first-order chi connectivity index (χ1) is 9.20. The number of carbonyl (C=O) groups is 1. The number of rotatable bonds is 4. The molecule has 2 aromatic rings. The summed E-state index contributed by atoms with van der Waals surface area (Å²) in [7, 11) is 1.42. The van der Waals surface area contributed by atoms with Crippen molar-refractivity contribution in [1.82, 2.24) is 0 Å². The van der Waals surface area contributed by atoms with E-state index in [9.17, 15) is 4.79 Å². The first-order valence-electron chi connectivity index (χ1n) is 6.08. The predicted molar refractivity (Wildman–Crippen MR) is 79.1 cm³/mol. The van der Waals surface area contributed by atoms with Gasteiger partial charge in [0.2, 0.25) is 0 Å². The molecule has 0 heterocycles. The molecule has 0 aromatic heterocycles. The van der Waals surface area contributed by atoms with Crippen LogP contribution in [0.4, 0.5) is 0 Å². The number of halogens is 1. The molecule has 2 rings (SSSR count). The SMILES string of the molecule is COC(=O)CC(c1ccccc1)c1ccc(Br)cc1. The molecule has 1 unspecified atom stereocenters. The van der Waals surface area contributed by atoms with E-state index in [1.165, 1.54) is 7.11 Å². The molecule has 0 aliphatic heterocycles.